The van der Waals surface area contributed by atoms with Crippen LogP contribution >= 0.6 is 11.3 Å². The number of aromatic nitrogens is 1. The largest absolute Gasteiger partial charge is 0.507 e. The summed E-state index contributed by atoms with van der Waals surface area (Å²) in [4.78, 5) is 16.5. The van der Waals surface area contributed by atoms with Gasteiger partial charge < -0.3 is 20.3 Å². The number of thiazole rings is 1. The van der Waals surface area contributed by atoms with Crippen molar-refractivity contribution < 1.29 is 19.4 Å². The number of carbonyl (C=O) groups is 1. The van der Waals surface area contributed by atoms with Gasteiger partial charge in [-0.05, 0) is 30.3 Å². The highest BCUT2D eigenvalue weighted by molar-refractivity contribution is 7.07. The van der Waals surface area contributed by atoms with Gasteiger partial charge in [-0.1, -0.05) is 6.07 Å². The molecule has 9 heteroatoms. The highest BCUT2D eigenvalue weighted by Gasteiger charge is 2.13. The molecule has 0 aliphatic heterocycles. The summed E-state index contributed by atoms with van der Waals surface area (Å²) in [6, 6.07) is 10.1. The van der Waals surface area contributed by atoms with E-state index in [1.165, 1.54) is 23.5 Å². The van der Waals surface area contributed by atoms with Crippen molar-refractivity contribution in [2.75, 3.05) is 21.3 Å². The van der Waals surface area contributed by atoms with Gasteiger partial charge in [0.1, 0.15) is 5.75 Å². The first-order valence-corrected chi connectivity index (χ1v) is 9.40. The molecule has 0 fully saturated rings. The fourth-order valence-corrected chi connectivity index (χ4v) is 3.59. The Morgan fingerprint density at radius 2 is 2.03 bits per heavy atom. The summed E-state index contributed by atoms with van der Waals surface area (Å²) in [6.45, 7) is 0. The van der Waals surface area contributed by atoms with Crippen LogP contribution in [0.2, 0.25) is 0 Å². The predicted molar refractivity (Wildman–Crippen MR) is 112 cm³/mol. The molecule has 1 amide bonds. The third-order valence-corrected chi connectivity index (χ3v) is 5.09. The zero-order chi connectivity index (χ0) is 21.0. The molecule has 8 nitrogen and oxygen atoms in total. The number of carbonyl (C=O) groups excluding carboxylic acids is 1. The number of benzene rings is 2. The minimum atomic E-state index is -0.712. The third kappa shape index (κ3) is 3.99. The molecular weight excluding hydrogens is 392 g/mol. The van der Waals surface area contributed by atoms with Crippen molar-refractivity contribution in [3.05, 3.63) is 57.7 Å². The second kappa shape index (κ2) is 8.61. The Morgan fingerprint density at radius 3 is 2.69 bits per heavy atom. The van der Waals surface area contributed by atoms with Gasteiger partial charge in [-0.25, -0.2) is 4.68 Å². The van der Waals surface area contributed by atoms with Crippen molar-refractivity contribution in [2.45, 2.75) is 0 Å². The summed E-state index contributed by atoms with van der Waals surface area (Å²) in [7, 11) is 4.80. The molecule has 1 aromatic heterocycles. The van der Waals surface area contributed by atoms with Gasteiger partial charge in [0, 0.05) is 23.6 Å². The molecule has 0 saturated carbocycles. The van der Waals surface area contributed by atoms with Crippen molar-refractivity contribution in [3.8, 4) is 28.5 Å². The second-order valence-electron chi connectivity index (χ2n) is 5.86. The van der Waals surface area contributed by atoms with Gasteiger partial charge in [-0.3, -0.25) is 9.79 Å². The number of hydrogen-bond acceptors (Lipinski definition) is 7. The maximum absolute atomic E-state index is 11.6. The number of nitrogens with zero attached hydrogens (tertiary/aromatic N) is 3. The summed E-state index contributed by atoms with van der Waals surface area (Å²) >= 11 is 1.39. The molecule has 0 atom stereocenters. The van der Waals surface area contributed by atoms with Gasteiger partial charge in [0.05, 0.1) is 31.7 Å². The van der Waals surface area contributed by atoms with Crippen LogP contribution in [-0.4, -0.2) is 43.2 Å². The van der Waals surface area contributed by atoms with Crippen LogP contribution in [0.25, 0.3) is 11.3 Å². The highest BCUT2D eigenvalue weighted by Crippen LogP contribution is 2.30. The van der Waals surface area contributed by atoms with E-state index < -0.39 is 5.91 Å². The van der Waals surface area contributed by atoms with Crippen LogP contribution in [0.3, 0.4) is 0 Å². The molecule has 3 rings (SSSR count). The number of hydrogen-bond donors (Lipinski definition) is 2. The van der Waals surface area contributed by atoms with Crippen LogP contribution in [-0.2, 0) is 0 Å². The van der Waals surface area contributed by atoms with Crippen LogP contribution in [0.15, 0.2) is 51.9 Å². The zero-order valence-corrected chi connectivity index (χ0v) is 16.9. The summed E-state index contributed by atoms with van der Waals surface area (Å²) in [6.07, 6.45) is 1.64. The average molecular weight is 412 g/mol. The van der Waals surface area contributed by atoms with Crippen LogP contribution in [0, 0.1) is 0 Å². The Hall–Kier alpha value is -3.59. The lowest BCUT2D eigenvalue weighted by atomic mass is 10.1. The normalized spacial score (nSPS) is 11.8. The fourth-order valence-electron chi connectivity index (χ4n) is 2.79. The summed E-state index contributed by atoms with van der Waals surface area (Å²) in [5.41, 5.74) is 7.46. The van der Waals surface area contributed by atoms with Crippen molar-refractivity contribution >= 4 is 23.5 Å². The molecule has 0 aliphatic rings. The second-order valence-corrected chi connectivity index (χ2v) is 6.70. The molecule has 0 aliphatic carbocycles. The Morgan fingerprint density at radius 1 is 1.24 bits per heavy atom. The monoisotopic (exact) mass is 412 g/mol. The van der Waals surface area contributed by atoms with E-state index in [0.717, 1.165) is 5.56 Å². The Balaban J connectivity index is 2.11. The summed E-state index contributed by atoms with van der Waals surface area (Å²) in [5.74, 6) is 0.271. The van der Waals surface area contributed by atoms with E-state index >= 15 is 0 Å². The van der Waals surface area contributed by atoms with Crippen LogP contribution in [0.1, 0.15) is 15.9 Å². The minimum absolute atomic E-state index is 0.0358. The van der Waals surface area contributed by atoms with E-state index in [0.29, 0.717) is 27.6 Å². The van der Waals surface area contributed by atoms with Crippen LogP contribution in [0.4, 0.5) is 0 Å². The topological polar surface area (TPSA) is 111 Å². The summed E-state index contributed by atoms with van der Waals surface area (Å²) in [5, 5.41) is 16.3. The molecule has 0 unspecified atom stereocenters. The molecule has 0 bridgehead atoms. The van der Waals surface area contributed by atoms with E-state index in [1.54, 1.807) is 44.3 Å². The van der Waals surface area contributed by atoms with Crippen molar-refractivity contribution in [1.82, 2.24) is 4.68 Å². The molecule has 150 valence electrons. The van der Waals surface area contributed by atoms with Crippen molar-refractivity contribution in [1.29, 1.82) is 0 Å². The number of para-hydroxylation sites is 1. The molecule has 0 radical (unpaired) electrons. The lowest BCUT2D eigenvalue weighted by Gasteiger charge is -2.10. The van der Waals surface area contributed by atoms with E-state index in [4.69, 9.17) is 15.2 Å². The Bertz CT molecular complexity index is 1150. The number of aromatic hydroxyl groups is 1. The smallest absolute Gasteiger partial charge is 0.252 e. The quantitative estimate of drug-likeness (QED) is 0.606. The number of primary amides is 1. The molecule has 2 aromatic carbocycles. The lowest BCUT2D eigenvalue weighted by molar-refractivity contribution is 0.0998. The van der Waals surface area contributed by atoms with Gasteiger partial charge in [0.25, 0.3) is 5.91 Å². The van der Waals surface area contributed by atoms with Crippen molar-refractivity contribution in [3.63, 3.8) is 0 Å². The number of ether oxygens (including phenoxy) is 2. The molecule has 1 heterocycles. The maximum atomic E-state index is 11.6. The SMILES string of the molecule is CN=c1scc(-c2ccc(O)c(C(N)=O)c2)n1/N=C\c1cccc(OC)c1OC. The third-order valence-electron chi connectivity index (χ3n) is 4.18. The maximum Gasteiger partial charge on any atom is 0.252 e. The molecular formula is C20H20N4O4S. The lowest BCUT2D eigenvalue weighted by Crippen LogP contribution is -2.13. The zero-order valence-electron chi connectivity index (χ0n) is 16.1. The first-order valence-electron chi connectivity index (χ1n) is 8.52. The van der Waals surface area contributed by atoms with E-state index in [2.05, 4.69) is 10.1 Å². The van der Waals surface area contributed by atoms with Gasteiger partial charge in [0.2, 0.25) is 4.80 Å². The number of phenols is 1. The van der Waals surface area contributed by atoms with Gasteiger partial charge in [-0.2, -0.15) is 5.10 Å². The van der Waals surface area contributed by atoms with Crippen molar-refractivity contribution in [2.24, 2.45) is 15.8 Å². The first kappa shape index (κ1) is 20.2. The molecule has 3 N–H and O–H groups in total. The van der Waals surface area contributed by atoms with E-state index in [9.17, 15) is 9.90 Å². The number of rotatable bonds is 6. The molecule has 0 saturated heterocycles. The Kier molecular flexibility index (Phi) is 5.99. The minimum Gasteiger partial charge on any atom is -0.507 e. The predicted octanol–water partition coefficient (Wildman–Crippen LogP) is 2.45. The van der Waals surface area contributed by atoms with Gasteiger partial charge in [-0.15, -0.1) is 11.3 Å². The first-order chi connectivity index (χ1) is 14.0. The van der Waals surface area contributed by atoms with Gasteiger partial charge >= 0.3 is 0 Å². The van der Waals surface area contributed by atoms with Crippen LogP contribution in [0.5, 0.6) is 17.2 Å². The number of methoxy groups -OCH3 is 2. The van der Waals surface area contributed by atoms with Crippen LogP contribution < -0.4 is 20.0 Å². The van der Waals surface area contributed by atoms with E-state index in [-0.39, 0.29) is 11.3 Å². The fraction of sp³-hybridized carbons (Fsp3) is 0.150. The van der Waals surface area contributed by atoms with Gasteiger partial charge in [0.15, 0.2) is 11.5 Å². The number of amides is 1. The average Bonchev–Trinajstić information content (AvgIpc) is 3.14. The highest BCUT2D eigenvalue weighted by atomic mass is 32.1. The Labute approximate surface area is 171 Å². The number of nitrogens with two attached hydrogens (primary N) is 1. The molecule has 3 aromatic rings. The van der Waals surface area contributed by atoms with E-state index in [1.807, 2.05) is 17.5 Å². The molecule has 29 heavy (non-hydrogen) atoms. The standard InChI is InChI=1S/C20H20N4O4S/c1-22-20-24(23-10-13-5-4-6-17(27-2)18(13)28-3)15(11-29-20)12-7-8-16(25)14(9-12)19(21)26/h4-11,25H,1-3H3,(H2,21,26)/b22-20?,23-10-. The summed E-state index contributed by atoms with van der Waals surface area (Å²) < 4.78 is 12.4. The molecule has 0 spiro atoms.